The second kappa shape index (κ2) is 5.02. The van der Waals surface area contributed by atoms with Crippen LogP contribution in [0.3, 0.4) is 0 Å². The van der Waals surface area contributed by atoms with E-state index in [2.05, 4.69) is 24.3 Å². The monoisotopic (exact) mass is 248 g/mol. The lowest BCUT2D eigenvalue weighted by Gasteiger charge is -2.30. The van der Waals surface area contributed by atoms with Gasteiger partial charge in [0.25, 0.3) is 0 Å². The van der Waals surface area contributed by atoms with Crippen LogP contribution in [0.5, 0.6) is 0 Å². The van der Waals surface area contributed by atoms with Crippen LogP contribution in [0, 0.1) is 0 Å². The van der Waals surface area contributed by atoms with E-state index in [4.69, 9.17) is 11.6 Å². The highest BCUT2D eigenvalue weighted by Gasteiger charge is 2.26. The quantitative estimate of drug-likeness (QED) is 0.630. The highest BCUT2D eigenvalue weighted by molar-refractivity contribution is 6.21. The molecule has 2 unspecified atom stereocenters. The summed E-state index contributed by atoms with van der Waals surface area (Å²) in [5, 5.41) is 0.361. The van der Waals surface area contributed by atoms with Gasteiger partial charge in [-0.15, -0.1) is 11.6 Å². The van der Waals surface area contributed by atoms with E-state index in [0.717, 1.165) is 5.92 Å². The SMILES string of the molecule is ClC1CCCCC1c1cccc(C2CCC2)c1. The van der Waals surface area contributed by atoms with Crippen molar-refractivity contribution in [2.75, 3.05) is 0 Å². The first-order valence-electron chi connectivity index (χ1n) is 7.08. The van der Waals surface area contributed by atoms with E-state index >= 15 is 0 Å². The summed E-state index contributed by atoms with van der Waals surface area (Å²) in [6.45, 7) is 0. The Morgan fingerprint density at radius 1 is 0.882 bits per heavy atom. The number of hydrogen-bond acceptors (Lipinski definition) is 0. The molecule has 0 radical (unpaired) electrons. The van der Waals surface area contributed by atoms with Crippen LogP contribution >= 0.6 is 11.6 Å². The van der Waals surface area contributed by atoms with Crippen molar-refractivity contribution in [2.24, 2.45) is 0 Å². The molecule has 1 aromatic carbocycles. The van der Waals surface area contributed by atoms with Crippen LogP contribution in [-0.4, -0.2) is 5.38 Å². The largest absolute Gasteiger partial charge is 0.122 e. The average molecular weight is 249 g/mol. The maximum absolute atomic E-state index is 6.50. The Balaban J connectivity index is 1.81. The summed E-state index contributed by atoms with van der Waals surface area (Å²) < 4.78 is 0. The Labute approximate surface area is 109 Å². The molecule has 0 aromatic heterocycles. The van der Waals surface area contributed by atoms with E-state index in [1.54, 1.807) is 5.56 Å². The lowest BCUT2D eigenvalue weighted by Crippen LogP contribution is -2.18. The highest BCUT2D eigenvalue weighted by atomic mass is 35.5. The number of hydrogen-bond donors (Lipinski definition) is 0. The van der Waals surface area contributed by atoms with Gasteiger partial charge in [0.15, 0.2) is 0 Å². The number of rotatable bonds is 2. The molecular weight excluding hydrogens is 228 g/mol. The molecule has 1 aromatic rings. The van der Waals surface area contributed by atoms with Gasteiger partial charge in [-0.2, -0.15) is 0 Å². The lowest BCUT2D eigenvalue weighted by atomic mass is 9.77. The first kappa shape index (κ1) is 11.6. The molecule has 0 nitrogen and oxygen atoms in total. The smallest absolute Gasteiger partial charge is 0.0404 e. The number of alkyl halides is 1. The van der Waals surface area contributed by atoms with Crippen LogP contribution in [0.1, 0.15) is 67.9 Å². The second-order valence-corrected chi connectivity index (χ2v) is 6.27. The van der Waals surface area contributed by atoms with Crippen molar-refractivity contribution in [1.29, 1.82) is 0 Å². The molecule has 92 valence electrons. The summed E-state index contributed by atoms with van der Waals surface area (Å²) in [5.41, 5.74) is 3.05. The van der Waals surface area contributed by atoms with E-state index < -0.39 is 0 Å². The Kier molecular flexibility index (Phi) is 3.42. The van der Waals surface area contributed by atoms with Gasteiger partial charge in [-0.05, 0) is 42.7 Å². The molecule has 0 saturated heterocycles. The van der Waals surface area contributed by atoms with E-state index in [1.807, 2.05) is 0 Å². The van der Waals surface area contributed by atoms with Gasteiger partial charge in [0, 0.05) is 11.3 Å². The summed E-state index contributed by atoms with van der Waals surface area (Å²) in [6, 6.07) is 9.27. The molecule has 0 bridgehead atoms. The maximum atomic E-state index is 6.50. The molecule has 1 heteroatoms. The van der Waals surface area contributed by atoms with E-state index in [-0.39, 0.29) is 0 Å². The Morgan fingerprint density at radius 3 is 2.35 bits per heavy atom. The molecule has 2 atom stereocenters. The van der Waals surface area contributed by atoms with Crippen molar-refractivity contribution in [3.8, 4) is 0 Å². The van der Waals surface area contributed by atoms with Crippen LogP contribution in [0.2, 0.25) is 0 Å². The van der Waals surface area contributed by atoms with Gasteiger partial charge >= 0.3 is 0 Å². The highest BCUT2D eigenvalue weighted by Crippen LogP contribution is 2.40. The van der Waals surface area contributed by atoms with E-state index in [1.165, 1.54) is 50.5 Å². The fourth-order valence-corrected chi connectivity index (χ4v) is 3.67. The van der Waals surface area contributed by atoms with Crippen molar-refractivity contribution < 1.29 is 0 Å². The van der Waals surface area contributed by atoms with Crippen LogP contribution in [-0.2, 0) is 0 Å². The van der Waals surface area contributed by atoms with Gasteiger partial charge in [0.2, 0.25) is 0 Å². The molecule has 2 aliphatic rings. The van der Waals surface area contributed by atoms with Crippen molar-refractivity contribution in [3.05, 3.63) is 35.4 Å². The van der Waals surface area contributed by atoms with Crippen molar-refractivity contribution in [1.82, 2.24) is 0 Å². The van der Waals surface area contributed by atoms with Gasteiger partial charge < -0.3 is 0 Å². The molecule has 0 spiro atoms. The fourth-order valence-electron chi connectivity index (χ4n) is 3.25. The summed E-state index contributed by atoms with van der Waals surface area (Å²) in [6.07, 6.45) is 9.32. The van der Waals surface area contributed by atoms with Crippen molar-refractivity contribution >= 4 is 11.6 Å². The Morgan fingerprint density at radius 2 is 1.65 bits per heavy atom. The molecule has 2 fully saturated rings. The molecule has 0 N–H and O–H groups in total. The maximum Gasteiger partial charge on any atom is 0.0404 e. The molecule has 3 rings (SSSR count). The summed E-state index contributed by atoms with van der Waals surface area (Å²) in [7, 11) is 0. The molecule has 17 heavy (non-hydrogen) atoms. The summed E-state index contributed by atoms with van der Waals surface area (Å²) >= 11 is 6.50. The standard InChI is InChI=1S/C16H21Cl/c17-16-10-2-1-9-15(16)14-8-4-7-13(11-14)12-5-3-6-12/h4,7-8,11-12,15-16H,1-3,5-6,9-10H2. The van der Waals surface area contributed by atoms with Gasteiger partial charge in [-0.1, -0.05) is 43.5 Å². The zero-order chi connectivity index (χ0) is 11.7. The minimum absolute atomic E-state index is 0.361. The predicted molar refractivity (Wildman–Crippen MR) is 73.9 cm³/mol. The van der Waals surface area contributed by atoms with Gasteiger partial charge in [-0.25, -0.2) is 0 Å². The van der Waals surface area contributed by atoms with Crippen molar-refractivity contribution in [3.63, 3.8) is 0 Å². The molecule has 0 heterocycles. The molecule has 2 aliphatic carbocycles. The second-order valence-electron chi connectivity index (χ2n) is 5.70. The van der Waals surface area contributed by atoms with Crippen molar-refractivity contribution in [2.45, 2.75) is 62.2 Å². The zero-order valence-electron chi connectivity index (χ0n) is 10.4. The van der Waals surface area contributed by atoms with Gasteiger partial charge in [-0.3, -0.25) is 0 Å². The topological polar surface area (TPSA) is 0 Å². The Bertz CT molecular complexity index is 381. The third-order valence-electron chi connectivity index (χ3n) is 4.60. The average Bonchev–Trinajstić information content (AvgIpc) is 2.28. The number of benzene rings is 1. The van der Waals surface area contributed by atoms with Crippen LogP contribution in [0.25, 0.3) is 0 Å². The van der Waals surface area contributed by atoms with E-state index in [9.17, 15) is 0 Å². The molecule has 0 aliphatic heterocycles. The van der Waals surface area contributed by atoms with E-state index in [0.29, 0.717) is 11.3 Å². The third-order valence-corrected chi connectivity index (χ3v) is 5.12. The summed E-state index contributed by atoms with van der Waals surface area (Å²) in [4.78, 5) is 0. The first-order valence-corrected chi connectivity index (χ1v) is 7.52. The minimum atomic E-state index is 0.361. The predicted octanol–water partition coefficient (Wildman–Crippen LogP) is 5.22. The van der Waals surface area contributed by atoms with Crippen LogP contribution in [0.4, 0.5) is 0 Å². The summed E-state index contributed by atoms with van der Waals surface area (Å²) in [5.74, 6) is 1.44. The normalized spacial score (nSPS) is 29.9. The molecular formula is C16H21Cl. The van der Waals surface area contributed by atoms with Gasteiger partial charge in [0.1, 0.15) is 0 Å². The lowest BCUT2D eigenvalue weighted by molar-refractivity contribution is 0.417. The van der Waals surface area contributed by atoms with Crippen LogP contribution < -0.4 is 0 Å². The fraction of sp³-hybridized carbons (Fsp3) is 0.625. The Hall–Kier alpha value is -0.490. The minimum Gasteiger partial charge on any atom is -0.122 e. The van der Waals surface area contributed by atoms with Gasteiger partial charge in [0.05, 0.1) is 0 Å². The molecule has 0 amide bonds. The zero-order valence-corrected chi connectivity index (χ0v) is 11.1. The number of halogens is 1. The third kappa shape index (κ3) is 2.38. The molecule has 2 saturated carbocycles. The first-order chi connectivity index (χ1) is 8.34. The van der Waals surface area contributed by atoms with Crippen LogP contribution in [0.15, 0.2) is 24.3 Å².